The van der Waals surface area contributed by atoms with E-state index in [0.717, 1.165) is 27.8 Å². The molecule has 7 heteroatoms. The molecule has 0 bridgehead atoms. The van der Waals surface area contributed by atoms with E-state index in [1.54, 1.807) is 4.57 Å². The van der Waals surface area contributed by atoms with Gasteiger partial charge in [-0.25, -0.2) is 9.89 Å². The summed E-state index contributed by atoms with van der Waals surface area (Å²) in [6.07, 6.45) is 2.05. The highest BCUT2D eigenvalue weighted by Crippen LogP contribution is 2.38. The summed E-state index contributed by atoms with van der Waals surface area (Å²) in [6.45, 7) is -0.0340. The molecule has 1 heterocycles. The summed E-state index contributed by atoms with van der Waals surface area (Å²) in [5.41, 5.74) is 0.663. The number of aliphatic hydroxyl groups excluding tert-OH is 1. The highest BCUT2D eigenvalue weighted by molar-refractivity contribution is 9.10. The lowest BCUT2D eigenvalue weighted by Gasteiger charge is -2.08. The Kier molecular flexibility index (Phi) is 3.51. The Balaban J connectivity index is 1.97. The van der Waals surface area contributed by atoms with Gasteiger partial charge in [-0.3, -0.25) is 4.57 Å². The fourth-order valence-electron chi connectivity index (χ4n) is 1.87. The minimum atomic E-state index is -0.162. The van der Waals surface area contributed by atoms with Crippen molar-refractivity contribution in [2.45, 2.75) is 35.5 Å². The van der Waals surface area contributed by atoms with Crippen LogP contribution in [0, 0.1) is 0 Å². The summed E-state index contributed by atoms with van der Waals surface area (Å²) in [5.74, 6) is 0. The lowest BCUT2D eigenvalue weighted by Crippen LogP contribution is -2.16. The predicted molar refractivity (Wildman–Crippen MR) is 75.3 cm³/mol. The molecular weight excluding hydrogens is 330 g/mol. The summed E-state index contributed by atoms with van der Waals surface area (Å²) in [4.78, 5) is 12.6. The second-order valence-corrected chi connectivity index (χ2v) is 6.35. The summed E-state index contributed by atoms with van der Waals surface area (Å²) < 4.78 is 2.63. The van der Waals surface area contributed by atoms with Gasteiger partial charge in [0.2, 0.25) is 0 Å². The molecule has 1 saturated carbocycles. The fraction of sp³-hybridized carbons (Fsp3) is 0.333. The summed E-state index contributed by atoms with van der Waals surface area (Å²) in [5, 5.41) is 16.6. The van der Waals surface area contributed by atoms with Gasteiger partial charge in [0.1, 0.15) is 0 Å². The van der Waals surface area contributed by atoms with Crippen molar-refractivity contribution in [1.82, 2.24) is 14.8 Å². The molecule has 0 spiro atoms. The molecule has 1 aromatic heterocycles. The van der Waals surface area contributed by atoms with Crippen LogP contribution in [-0.4, -0.2) is 19.9 Å². The van der Waals surface area contributed by atoms with Crippen molar-refractivity contribution in [3.63, 3.8) is 0 Å². The van der Waals surface area contributed by atoms with Crippen LogP contribution in [0.1, 0.15) is 24.4 Å². The topological polar surface area (TPSA) is 70.9 Å². The third-order valence-corrected chi connectivity index (χ3v) is 4.55. The first-order chi connectivity index (χ1) is 9.19. The molecule has 0 amide bonds. The van der Waals surface area contributed by atoms with Crippen molar-refractivity contribution in [1.29, 1.82) is 0 Å². The zero-order valence-electron chi connectivity index (χ0n) is 9.97. The van der Waals surface area contributed by atoms with Crippen LogP contribution in [0.3, 0.4) is 0 Å². The lowest BCUT2D eigenvalue weighted by molar-refractivity contribution is 0.279. The van der Waals surface area contributed by atoms with E-state index < -0.39 is 0 Å². The summed E-state index contributed by atoms with van der Waals surface area (Å²) in [6, 6.07) is 5.94. The molecule has 1 aromatic carbocycles. The van der Waals surface area contributed by atoms with Crippen LogP contribution in [0.25, 0.3) is 0 Å². The Hall–Kier alpha value is -1.05. The van der Waals surface area contributed by atoms with E-state index in [1.807, 2.05) is 18.2 Å². The maximum atomic E-state index is 11.7. The second kappa shape index (κ2) is 5.15. The SMILES string of the molecule is O=c1[nH]nc(Sc2cc(Br)ccc2CO)n1C1CC1. The number of aliphatic hydroxyl groups is 1. The minimum Gasteiger partial charge on any atom is -0.392 e. The van der Waals surface area contributed by atoms with Gasteiger partial charge in [0.25, 0.3) is 0 Å². The van der Waals surface area contributed by atoms with Crippen LogP contribution >= 0.6 is 27.7 Å². The van der Waals surface area contributed by atoms with E-state index >= 15 is 0 Å². The molecule has 19 heavy (non-hydrogen) atoms. The van der Waals surface area contributed by atoms with E-state index in [-0.39, 0.29) is 18.3 Å². The van der Waals surface area contributed by atoms with Gasteiger partial charge in [0, 0.05) is 15.4 Å². The zero-order valence-corrected chi connectivity index (χ0v) is 12.4. The molecule has 3 rings (SSSR count). The van der Waals surface area contributed by atoms with Gasteiger partial charge in [-0.1, -0.05) is 22.0 Å². The number of hydrogen-bond donors (Lipinski definition) is 2. The van der Waals surface area contributed by atoms with Gasteiger partial charge in [-0.2, -0.15) is 0 Å². The molecule has 0 saturated heterocycles. The largest absolute Gasteiger partial charge is 0.392 e. The molecule has 0 unspecified atom stereocenters. The van der Waals surface area contributed by atoms with E-state index in [9.17, 15) is 9.90 Å². The van der Waals surface area contributed by atoms with E-state index in [2.05, 4.69) is 26.1 Å². The second-order valence-electron chi connectivity index (χ2n) is 4.42. The van der Waals surface area contributed by atoms with Crippen LogP contribution in [0.5, 0.6) is 0 Å². The van der Waals surface area contributed by atoms with Crippen molar-refractivity contribution in [2.75, 3.05) is 0 Å². The van der Waals surface area contributed by atoms with Gasteiger partial charge >= 0.3 is 5.69 Å². The third kappa shape index (κ3) is 2.63. The molecule has 0 aliphatic heterocycles. The number of aromatic amines is 1. The number of aromatic nitrogens is 3. The van der Waals surface area contributed by atoms with Crippen molar-refractivity contribution >= 4 is 27.7 Å². The first kappa shape index (κ1) is 13.0. The molecule has 2 N–H and O–H groups in total. The fourth-order valence-corrected chi connectivity index (χ4v) is 3.45. The molecule has 1 aliphatic carbocycles. The summed E-state index contributed by atoms with van der Waals surface area (Å²) in [7, 11) is 0. The lowest BCUT2D eigenvalue weighted by atomic mass is 10.2. The van der Waals surface area contributed by atoms with Gasteiger partial charge in [-0.05, 0) is 42.3 Å². The molecule has 1 fully saturated rings. The monoisotopic (exact) mass is 341 g/mol. The number of nitrogens with zero attached hydrogens (tertiary/aromatic N) is 2. The summed E-state index contributed by atoms with van der Waals surface area (Å²) >= 11 is 4.81. The third-order valence-electron chi connectivity index (χ3n) is 2.98. The molecule has 0 atom stereocenters. The first-order valence-electron chi connectivity index (χ1n) is 5.93. The van der Waals surface area contributed by atoms with E-state index in [4.69, 9.17) is 0 Å². The van der Waals surface area contributed by atoms with Crippen molar-refractivity contribution in [2.24, 2.45) is 0 Å². The molecule has 100 valence electrons. The van der Waals surface area contributed by atoms with Gasteiger partial charge in [0.05, 0.1) is 6.61 Å². The average Bonchev–Trinajstić information content (AvgIpc) is 3.15. The number of hydrogen-bond acceptors (Lipinski definition) is 4. The minimum absolute atomic E-state index is 0.0340. The Morgan fingerprint density at radius 2 is 2.32 bits per heavy atom. The number of rotatable bonds is 4. The molecule has 2 aromatic rings. The quantitative estimate of drug-likeness (QED) is 0.895. The molecule has 1 aliphatic rings. The zero-order chi connectivity index (χ0) is 13.4. The van der Waals surface area contributed by atoms with Crippen molar-refractivity contribution < 1.29 is 5.11 Å². The van der Waals surface area contributed by atoms with Crippen LogP contribution in [0.15, 0.2) is 37.5 Å². The number of nitrogens with one attached hydrogen (secondary N) is 1. The Bertz CT molecular complexity index is 663. The molecule has 0 radical (unpaired) electrons. The number of benzene rings is 1. The highest BCUT2D eigenvalue weighted by Gasteiger charge is 2.28. The van der Waals surface area contributed by atoms with Gasteiger partial charge in [0.15, 0.2) is 5.16 Å². The van der Waals surface area contributed by atoms with Crippen LogP contribution < -0.4 is 5.69 Å². The average molecular weight is 342 g/mol. The predicted octanol–water partition coefficient (Wildman–Crippen LogP) is 2.31. The van der Waals surface area contributed by atoms with Gasteiger partial charge < -0.3 is 5.11 Å². The van der Waals surface area contributed by atoms with Crippen molar-refractivity contribution in [3.05, 3.63) is 38.7 Å². The smallest absolute Gasteiger partial charge is 0.344 e. The van der Waals surface area contributed by atoms with Crippen molar-refractivity contribution in [3.8, 4) is 0 Å². The van der Waals surface area contributed by atoms with Crippen LogP contribution in [0.4, 0.5) is 0 Å². The first-order valence-corrected chi connectivity index (χ1v) is 7.54. The van der Waals surface area contributed by atoms with E-state index in [0.29, 0.717) is 5.16 Å². The van der Waals surface area contributed by atoms with Gasteiger partial charge in [-0.15, -0.1) is 5.10 Å². The van der Waals surface area contributed by atoms with Crippen LogP contribution in [0.2, 0.25) is 0 Å². The highest BCUT2D eigenvalue weighted by atomic mass is 79.9. The maximum Gasteiger partial charge on any atom is 0.344 e. The molecular formula is C12H12BrN3O2S. The maximum absolute atomic E-state index is 11.7. The number of H-pyrrole nitrogens is 1. The van der Waals surface area contributed by atoms with Crippen LogP contribution in [-0.2, 0) is 6.61 Å². The molecule has 5 nitrogen and oxygen atoms in total. The Labute approximate surface area is 122 Å². The Morgan fingerprint density at radius 3 is 3.00 bits per heavy atom. The Morgan fingerprint density at radius 1 is 1.53 bits per heavy atom. The van der Waals surface area contributed by atoms with E-state index in [1.165, 1.54) is 11.8 Å². The normalized spacial score (nSPS) is 14.8. The standard InChI is InChI=1S/C12H12BrN3O2S/c13-8-2-1-7(6-17)10(5-8)19-12-15-14-11(18)16(12)9-3-4-9/h1-2,5,9,17H,3-4,6H2,(H,14,18). The number of halogens is 1.